The first-order valence-electron chi connectivity index (χ1n) is 11.9. The van der Waals surface area contributed by atoms with E-state index in [2.05, 4.69) is 16.0 Å². The zero-order valence-electron chi connectivity index (χ0n) is 20.8. The molecule has 0 spiro atoms. The van der Waals surface area contributed by atoms with Crippen molar-refractivity contribution in [2.45, 2.75) is 4.90 Å². The van der Waals surface area contributed by atoms with Gasteiger partial charge in [0, 0.05) is 36.9 Å². The maximum absolute atomic E-state index is 13.2. The molecule has 0 atom stereocenters. The number of amides is 3. The van der Waals surface area contributed by atoms with Crippen molar-refractivity contribution in [3.05, 3.63) is 129 Å². The summed E-state index contributed by atoms with van der Waals surface area (Å²) >= 11 is 19.3. The van der Waals surface area contributed by atoms with E-state index in [1.807, 2.05) is 0 Å². The first kappa shape index (κ1) is 29.2. The molecule has 3 N–H and O–H groups in total. The van der Waals surface area contributed by atoms with Gasteiger partial charge in [-0.25, -0.2) is 0 Å². The van der Waals surface area contributed by atoms with Gasteiger partial charge >= 0.3 is 0 Å². The van der Waals surface area contributed by atoms with E-state index in [0.29, 0.717) is 37.6 Å². The number of hydrogen-bond donors (Lipinski definition) is 3. The lowest BCUT2D eigenvalue weighted by Crippen LogP contribution is -2.30. The van der Waals surface area contributed by atoms with Crippen LogP contribution in [0.5, 0.6) is 0 Å². The van der Waals surface area contributed by atoms with E-state index in [0.717, 1.165) is 4.90 Å². The van der Waals surface area contributed by atoms with Crippen LogP contribution in [0.2, 0.25) is 15.1 Å². The van der Waals surface area contributed by atoms with Gasteiger partial charge in [0.05, 0.1) is 5.75 Å². The van der Waals surface area contributed by atoms with Crippen LogP contribution in [-0.2, 0) is 9.59 Å². The second-order valence-corrected chi connectivity index (χ2v) is 10.8. The Balaban J connectivity index is 1.40. The smallest absolute Gasteiger partial charge is 0.272 e. The van der Waals surface area contributed by atoms with E-state index >= 15 is 0 Å². The molecule has 0 unspecified atom stereocenters. The molecule has 0 aliphatic carbocycles. The Morgan fingerprint density at radius 3 is 2.00 bits per heavy atom. The number of nitrogens with one attached hydrogen (secondary N) is 3. The molecular weight excluding hydrogens is 589 g/mol. The van der Waals surface area contributed by atoms with Crippen molar-refractivity contribution in [2.24, 2.45) is 0 Å². The third-order valence-corrected chi connectivity index (χ3v) is 7.04. The summed E-state index contributed by atoms with van der Waals surface area (Å²) in [5.41, 5.74) is 2.20. The number of carbonyl (C=O) groups excluding carboxylic acids is 3. The fourth-order valence-corrected chi connectivity index (χ4v) is 4.82. The SMILES string of the molecule is O=C(CSc1ccc(NC(=O)/C(=C/c2ccc(Cl)cc2)NC(=O)c2ccccc2)cc1)Nc1cc(Cl)cc(Cl)c1. The summed E-state index contributed by atoms with van der Waals surface area (Å²) in [6.45, 7) is 0. The molecule has 0 aliphatic heterocycles. The summed E-state index contributed by atoms with van der Waals surface area (Å²) in [5.74, 6) is -0.970. The average Bonchev–Trinajstić information content (AvgIpc) is 2.93. The van der Waals surface area contributed by atoms with Crippen molar-refractivity contribution in [3.8, 4) is 0 Å². The van der Waals surface area contributed by atoms with Gasteiger partial charge in [-0.3, -0.25) is 14.4 Å². The molecule has 40 heavy (non-hydrogen) atoms. The number of rotatable bonds is 9. The van der Waals surface area contributed by atoms with Gasteiger partial charge in [-0.2, -0.15) is 0 Å². The van der Waals surface area contributed by atoms with Gasteiger partial charge in [-0.1, -0.05) is 65.1 Å². The maximum atomic E-state index is 13.2. The van der Waals surface area contributed by atoms with Gasteiger partial charge < -0.3 is 16.0 Å². The third kappa shape index (κ3) is 8.89. The quantitative estimate of drug-likeness (QED) is 0.133. The Morgan fingerprint density at radius 1 is 0.700 bits per heavy atom. The van der Waals surface area contributed by atoms with E-state index in [-0.39, 0.29) is 17.4 Å². The van der Waals surface area contributed by atoms with E-state index in [1.165, 1.54) is 11.8 Å². The van der Waals surface area contributed by atoms with Crippen LogP contribution < -0.4 is 16.0 Å². The molecule has 0 aliphatic rings. The molecule has 0 saturated carbocycles. The summed E-state index contributed by atoms with van der Waals surface area (Å²) in [7, 11) is 0. The predicted molar refractivity (Wildman–Crippen MR) is 164 cm³/mol. The van der Waals surface area contributed by atoms with Crippen molar-refractivity contribution in [2.75, 3.05) is 16.4 Å². The molecule has 3 amide bonds. The molecule has 0 saturated heterocycles. The van der Waals surface area contributed by atoms with E-state index < -0.39 is 11.8 Å². The summed E-state index contributed by atoms with van der Waals surface area (Å²) in [6, 6.07) is 27.3. The monoisotopic (exact) mass is 609 g/mol. The molecule has 4 rings (SSSR count). The molecule has 4 aromatic carbocycles. The van der Waals surface area contributed by atoms with Crippen LogP contribution in [0.25, 0.3) is 6.08 Å². The number of hydrogen-bond acceptors (Lipinski definition) is 4. The van der Waals surface area contributed by atoms with Crippen molar-refractivity contribution >= 4 is 81.7 Å². The lowest BCUT2D eigenvalue weighted by molar-refractivity contribution is -0.114. The van der Waals surface area contributed by atoms with E-state index in [9.17, 15) is 14.4 Å². The fraction of sp³-hybridized carbons (Fsp3) is 0.0333. The van der Waals surface area contributed by atoms with Gasteiger partial charge in [0.2, 0.25) is 5.91 Å². The molecule has 0 aromatic heterocycles. The summed E-state index contributed by atoms with van der Waals surface area (Å²) in [6.07, 6.45) is 1.57. The Hall–Kier alpha value is -3.75. The minimum atomic E-state index is -0.501. The van der Waals surface area contributed by atoms with Crippen LogP contribution >= 0.6 is 46.6 Å². The molecule has 10 heteroatoms. The number of benzene rings is 4. The molecule has 4 aromatic rings. The minimum Gasteiger partial charge on any atom is -0.325 e. The maximum Gasteiger partial charge on any atom is 0.272 e. The largest absolute Gasteiger partial charge is 0.325 e. The lowest BCUT2D eigenvalue weighted by Gasteiger charge is -2.12. The lowest BCUT2D eigenvalue weighted by atomic mass is 10.1. The second kappa shape index (κ2) is 14.1. The van der Waals surface area contributed by atoms with Gasteiger partial charge in [0.1, 0.15) is 5.70 Å². The predicted octanol–water partition coefficient (Wildman–Crippen LogP) is 7.79. The van der Waals surface area contributed by atoms with Crippen LogP contribution in [0, 0.1) is 0 Å². The molecule has 0 bridgehead atoms. The second-order valence-electron chi connectivity index (χ2n) is 8.40. The molecule has 0 fully saturated rings. The van der Waals surface area contributed by atoms with Crippen LogP contribution in [0.4, 0.5) is 11.4 Å². The van der Waals surface area contributed by atoms with Crippen LogP contribution in [0.1, 0.15) is 15.9 Å². The van der Waals surface area contributed by atoms with Crippen LogP contribution in [0.3, 0.4) is 0 Å². The zero-order valence-corrected chi connectivity index (χ0v) is 23.9. The normalized spacial score (nSPS) is 11.0. The number of halogens is 3. The van der Waals surface area contributed by atoms with Gasteiger partial charge in [0.15, 0.2) is 0 Å². The molecular formula is C30H22Cl3N3O3S. The summed E-state index contributed by atoms with van der Waals surface area (Å²) in [5, 5.41) is 9.68. The van der Waals surface area contributed by atoms with Crippen molar-refractivity contribution in [3.63, 3.8) is 0 Å². The topological polar surface area (TPSA) is 87.3 Å². The molecule has 6 nitrogen and oxygen atoms in total. The molecule has 0 heterocycles. The highest BCUT2D eigenvalue weighted by molar-refractivity contribution is 8.00. The standard InChI is InChI=1S/C30H22Cl3N3O3S/c31-21-8-6-19(7-9-21)14-27(36-29(38)20-4-2-1-3-5-20)30(39)35-24-10-12-26(13-11-24)40-18-28(37)34-25-16-22(32)15-23(33)17-25/h1-17H,18H2,(H,34,37)(H,35,39)(H,36,38)/b27-14-. The summed E-state index contributed by atoms with van der Waals surface area (Å²) < 4.78 is 0. The number of carbonyl (C=O) groups is 3. The van der Waals surface area contributed by atoms with Crippen molar-refractivity contribution < 1.29 is 14.4 Å². The molecule has 202 valence electrons. The minimum absolute atomic E-state index is 0.0624. The highest BCUT2D eigenvalue weighted by Crippen LogP contribution is 2.24. The van der Waals surface area contributed by atoms with Gasteiger partial charge in [-0.15, -0.1) is 11.8 Å². The Bertz CT molecular complexity index is 1520. The number of thioether (sulfide) groups is 1. The van der Waals surface area contributed by atoms with Gasteiger partial charge in [-0.05, 0) is 78.4 Å². The Kier molecular flexibility index (Phi) is 10.3. The van der Waals surface area contributed by atoms with E-state index in [4.69, 9.17) is 34.8 Å². The number of anilines is 2. The summed E-state index contributed by atoms with van der Waals surface area (Å²) in [4.78, 5) is 39.1. The molecule has 0 radical (unpaired) electrons. The zero-order chi connectivity index (χ0) is 28.5. The highest BCUT2D eigenvalue weighted by Gasteiger charge is 2.15. The first-order chi connectivity index (χ1) is 19.2. The Labute approximate surface area is 250 Å². The van der Waals surface area contributed by atoms with E-state index in [1.54, 1.807) is 103 Å². The fourth-order valence-electron chi connectivity index (χ4n) is 3.47. The van der Waals surface area contributed by atoms with Crippen LogP contribution in [0.15, 0.2) is 108 Å². The first-order valence-corrected chi connectivity index (χ1v) is 14.0. The van der Waals surface area contributed by atoms with Gasteiger partial charge in [0.25, 0.3) is 11.8 Å². The van der Waals surface area contributed by atoms with Crippen molar-refractivity contribution in [1.29, 1.82) is 0 Å². The van der Waals surface area contributed by atoms with Crippen LogP contribution in [-0.4, -0.2) is 23.5 Å². The third-order valence-electron chi connectivity index (χ3n) is 5.34. The average molecular weight is 611 g/mol. The highest BCUT2D eigenvalue weighted by atomic mass is 35.5. The Morgan fingerprint density at radius 2 is 1.35 bits per heavy atom. The van der Waals surface area contributed by atoms with Crippen molar-refractivity contribution in [1.82, 2.24) is 5.32 Å².